The highest BCUT2D eigenvalue weighted by atomic mass is 15.2. The molecule has 1 aliphatic rings. The van der Waals surface area contributed by atoms with E-state index in [2.05, 4.69) is 193 Å². The fraction of sp³-hybridized carbons (Fsp3) is 0.0556. The zero-order chi connectivity index (χ0) is 39.2. The Morgan fingerprint density at radius 1 is 0.441 bits per heavy atom. The fourth-order valence-electron chi connectivity index (χ4n) is 9.52. The van der Waals surface area contributed by atoms with Crippen molar-refractivity contribution in [1.82, 2.24) is 24.1 Å². The predicted octanol–water partition coefficient (Wildman–Crippen LogP) is 13.4. The lowest BCUT2D eigenvalue weighted by Gasteiger charge is -2.22. The summed E-state index contributed by atoms with van der Waals surface area (Å²) in [5.74, 6) is 1.40. The van der Waals surface area contributed by atoms with Crippen molar-refractivity contribution >= 4 is 43.7 Å². The summed E-state index contributed by atoms with van der Waals surface area (Å²) in [4.78, 5) is 16.3. The first kappa shape index (κ1) is 33.5. The second-order valence-corrected chi connectivity index (χ2v) is 16.1. The van der Waals surface area contributed by atoms with E-state index in [0.29, 0.717) is 5.95 Å². The van der Waals surface area contributed by atoms with Crippen LogP contribution >= 0.6 is 0 Å². The lowest BCUT2D eigenvalue weighted by atomic mass is 9.81. The molecule has 3 heterocycles. The van der Waals surface area contributed by atoms with Crippen LogP contribution in [0.3, 0.4) is 0 Å². The van der Waals surface area contributed by atoms with Gasteiger partial charge in [-0.2, -0.15) is 4.98 Å². The van der Waals surface area contributed by atoms with E-state index in [-0.39, 0.29) is 5.41 Å². The van der Waals surface area contributed by atoms with Crippen molar-refractivity contribution in [3.63, 3.8) is 0 Å². The summed E-state index contributed by atoms with van der Waals surface area (Å²) in [6, 6.07) is 67.0. The highest BCUT2D eigenvalue weighted by molar-refractivity contribution is 6.21. The van der Waals surface area contributed by atoms with Crippen molar-refractivity contribution in [2.24, 2.45) is 0 Å². The Morgan fingerprint density at radius 2 is 1.08 bits per heavy atom. The smallest absolute Gasteiger partial charge is 0.237 e. The molecule has 0 N–H and O–H groups in total. The number of benzene rings is 8. The molecule has 5 nitrogen and oxygen atoms in total. The number of hydrogen-bond donors (Lipinski definition) is 0. The summed E-state index contributed by atoms with van der Waals surface area (Å²) >= 11 is 0. The Bertz CT molecular complexity index is 3450. The van der Waals surface area contributed by atoms with Crippen molar-refractivity contribution < 1.29 is 0 Å². The number of aromatic nitrogens is 5. The van der Waals surface area contributed by atoms with Gasteiger partial charge in [0.1, 0.15) is 17.0 Å². The molecule has 5 heteroatoms. The molecule has 0 saturated carbocycles. The number of fused-ring (bicyclic) bond motifs is 9. The zero-order valence-corrected chi connectivity index (χ0v) is 32.6. The van der Waals surface area contributed by atoms with Crippen LogP contribution in [0.1, 0.15) is 25.0 Å². The van der Waals surface area contributed by atoms with Gasteiger partial charge in [0.15, 0.2) is 5.65 Å². The van der Waals surface area contributed by atoms with E-state index in [1.165, 1.54) is 49.5 Å². The van der Waals surface area contributed by atoms with E-state index in [0.717, 1.165) is 55.9 Å². The SMILES string of the molecule is CC1(C)c2ccccc2-c2ccc(-c3ccc4c(c3)c3c5ccccc5ccc3n4-c3nc(-c4ccccc4)c4nc(-c5ccccc5)n(-c5ccccc5)c4n3)cc21. The van der Waals surface area contributed by atoms with Gasteiger partial charge in [0.05, 0.1) is 11.0 Å². The van der Waals surface area contributed by atoms with Gasteiger partial charge in [-0.25, -0.2) is 9.97 Å². The molecule has 0 aliphatic heterocycles. The second-order valence-electron chi connectivity index (χ2n) is 16.1. The highest BCUT2D eigenvalue weighted by Crippen LogP contribution is 2.50. The molecule has 0 atom stereocenters. The minimum Gasteiger partial charge on any atom is -0.278 e. The molecule has 0 spiro atoms. The number of hydrogen-bond acceptors (Lipinski definition) is 3. The van der Waals surface area contributed by atoms with Crippen LogP contribution in [0.5, 0.6) is 0 Å². The van der Waals surface area contributed by atoms with Crippen molar-refractivity contribution in [2.75, 3.05) is 0 Å². The summed E-state index contributed by atoms with van der Waals surface area (Å²) in [5.41, 5.74) is 15.0. The highest BCUT2D eigenvalue weighted by Gasteiger charge is 2.35. The Morgan fingerprint density at radius 3 is 1.90 bits per heavy atom. The van der Waals surface area contributed by atoms with Gasteiger partial charge in [-0.1, -0.05) is 166 Å². The molecule has 0 unspecified atom stereocenters. The third-order valence-electron chi connectivity index (χ3n) is 12.4. The second kappa shape index (κ2) is 12.7. The van der Waals surface area contributed by atoms with Crippen molar-refractivity contribution in [1.29, 1.82) is 0 Å². The maximum absolute atomic E-state index is 5.51. The van der Waals surface area contributed by atoms with Crippen LogP contribution in [0.2, 0.25) is 0 Å². The molecular weight excluding hydrogens is 719 g/mol. The minimum atomic E-state index is -0.0860. The van der Waals surface area contributed by atoms with Crippen LogP contribution in [-0.2, 0) is 5.41 Å². The quantitative estimate of drug-likeness (QED) is 0.176. The van der Waals surface area contributed by atoms with Gasteiger partial charge >= 0.3 is 0 Å². The summed E-state index contributed by atoms with van der Waals surface area (Å²) < 4.78 is 4.43. The Labute approximate surface area is 341 Å². The summed E-state index contributed by atoms with van der Waals surface area (Å²) in [6.45, 7) is 4.69. The monoisotopic (exact) mass is 755 g/mol. The van der Waals surface area contributed by atoms with Crippen LogP contribution < -0.4 is 0 Å². The van der Waals surface area contributed by atoms with Gasteiger partial charge in [0.2, 0.25) is 5.95 Å². The van der Waals surface area contributed by atoms with Crippen molar-refractivity contribution in [3.8, 4) is 56.5 Å². The molecule has 8 aromatic carbocycles. The van der Waals surface area contributed by atoms with Gasteiger partial charge in [-0.3, -0.25) is 9.13 Å². The first-order chi connectivity index (χ1) is 29.0. The molecule has 0 bridgehead atoms. The van der Waals surface area contributed by atoms with Crippen LogP contribution in [0.25, 0.3) is 100 Å². The zero-order valence-electron chi connectivity index (χ0n) is 32.6. The molecule has 59 heavy (non-hydrogen) atoms. The number of rotatable bonds is 5. The van der Waals surface area contributed by atoms with Crippen LogP contribution in [0.15, 0.2) is 188 Å². The first-order valence-electron chi connectivity index (χ1n) is 20.2. The molecule has 278 valence electrons. The standard InChI is InChI=1S/C54H37N5/c1-54(2)44-25-15-14-24-41(44)42-29-26-38(33-45(42)54)37-28-30-46-43(32-37)48-40-23-13-12-16-34(40)27-31-47(48)59(46)53-56-49(35-17-6-3-7-18-35)50-52(57-53)58(39-21-10-5-11-22-39)51(55-50)36-19-8-4-9-20-36/h3-33H,1-2H3. The third-order valence-corrected chi connectivity index (χ3v) is 12.4. The maximum Gasteiger partial charge on any atom is 0.237 e. The predicted molar refractivity (Wildman–Crippen MR) is 242 cm³/mol. The van der Waals surface area contributed by atoms with Gasteiger partial charge < -0.3 is 0 Å². The topological polar surface area (TPSA) is 48.5 Å². The molecule has 0 radical (unpaired) electrons. The summed E-state index contributed by atoms with van der Waals surface area (Å²) in [5, 5.41) is 4.73. The van der Waals surface area contributed by atoms with Crippen molar-refractivity contribution in [2.45, 2.75) is 19.3 Å². The van der Waals surface area contributed by atoms with Crippen molar-refractivity contribution in [3.05, 3.63) is 199 Å². The molecule has 11 aromatic rings. The van der Waals surface area contributed by atoms with E-state index in [4.69, 9.17) is 15.0 Å². The largest absolute Gasteiger partial charge is 0.278 e. The van der Waals surface area contributed by atoms with Crippen LogP contribution in [0.4, 0.5) is 0 Å². The molecule has 0 amide bonds. The molecule has 12 rings (SSSR count). The van der Waals surface area contributed by atoms with Crippen LogP contribution in [0, 0.1) is 0 Å². The third kappa shape index (κ3) is 5.01. The van der Waals surface area contributed by atoms with E-state index < -0.39 is 0 Å². The molecular formula is C54H37N5. The first-order valence-corrected chi connectivity index (χ1v) is 20.2. The molecule has 1 aliphatic carbocycles. The number of nitrogens with zero attached hydrogens (tertiary/aromatic N) is 5. The average molecular weight is 756 g/mol. The Hall–Kier alpha value is -7.63. The lowest BCUT2D eigenvalue weighted by Crippen LogP contribution is -2.14. The van der Waals surface area contributed by atoms with E-state index in [1.54, 1.807) is 0 Å². The Balaban J connectivity index is 1.15. The van der Waals surface area contributed by atoms with Gasteiger partial charge in [0.25, 0.3) is 0 Å². The normalized spacial score (nSPS) is 13.1. The molecule has 0 fully saturated rings. The fourth-order valence-corrected chi connectivity index (χ4v) is 9.52. The minimum absolute atomic E-state index is 0.0860. The molecule has 3 aromatic heterocycles. The summed E-state index contributed by atoms with van der Waals surface area (Å²) in [6.07, 6.45) is 0. The van der Waals surface area contributed by atoms with E-state index in [1.807, 2.05) is 18.2 Å². The number of para-hydroxylation sites is 1. The van der Waals surface area contributed by atoms with Gasteiger partial charge in [0, 0.05) is 33.0 Å². The average Bonchev–Trinajstić information content (AvgIpc) is 3.92. The van der Waals surface area contributed by atoms with Crippen LogP contribution in [-0.4, -0.2) is 24.1 Å². The maximum atomic E-state index is 5.51. The molecule has 0 saturated heterocycles. The number of imidazole rings is 1. The van der Waals surface area contributed by atoms with E-state index in [9.17, 15) is 0 Å². The van der Waals surface area contributed by atoms with E-state index >= 15 is 0 Å². The van der Waals surface area contributed by atoms with Gasteiger partial charge in [-0.15, -0.1) is 0 Å². The summed E-state index contributed by atoms with van der Waals surface area (Å²) in [7, 11) is 0. The lowest BCUT2D eigenvalue weighted by molar-refractivity contribution is 0.660. The van der Waals surface area contributed by atoms with Gasteiger partial charge in [-0.05, 0) is 80.6 Å². The Kier molecular flexibility index (Phi) is 7.20.